The first-order chi connectivity index (χ1) is 6.44. The van der Waals surface area contributed by atoms with Crippen molar-refractivity contribution in [3.05, 3.63) is 0 Å². The highest BCUT2D eigenvalue weighted by molar-refractivity contribution is 7.90. The Labute approximate surface area is 84.4 Å². The van der Waals surface area contributed by atoms with E-state index in [-0.39, 0.29) is 17.7 Å². The Morgan fingerprint density at radius 3 is 2.64 bits per heavy atom. The van der Waals surface area contributed by atoms with Gasteiger partial charge in [0.15, 0.2) is 0 Å². The molecule has 0 aliphatic carbocycles. The molecule has 1 N–H and O–H groups in total. The summed E-state index contributed by atoms with van der Waals surface area (Å²) in [6, 6.07) is -0.130. The highest BCUT2D eigenvalue weighted by Crippen LogP contribution is 2.06. The Hall–Kier alpha value is -0.620. The molecule has 1 atom stereocenters. The molecule has 6 heteroatoms. The van der Waals surface area contributed by atoms with Crippen LogP contribution in [0.3, 0.4) is 0 Å². The van der Waals surface area contributed by atoms with Crippen molar-refractivity contribution in [2.75, 3.05) is 25.2 Å². The van der Waals surface area contributed by atoms with Crippen molar-refractivity contribution in [1.82, 2.24) is 10.2 Å². The molecule has 1 aliphatic heterocycles. The molecule has 1 rings (SSSR count). The van der Waals surface area contributed by atoms with E-state index in [4.69, 9.17) is 0 Å². The van der Waals surface area contributed by atoms with Crippen LogP contribution in [0.5, 0.6) is 0 Å². The number of nitrogens with zero attached hydrogens (tertiary/aromatic N) is 1. The summed E-state index contributed by atoms with van der Waals surface area (Å²) in [4.78, 5) is 13.1. The van der Waals surface area contributed by atoms with Crippen molar-refractivity contribution in [2.45, 2.75) is 19.4 Å². The standard InChI is InChI=1S/C8H16N2O3S/c1-3-7-8(11)10(6-9-7)4-5-14(2,12)13/h7,9H,3-6H2,1-2H3. The smallest absolute Gasteiger partial charge is 0.240 e. The zero-order valence-corrected chi connectivity index (χ0v) is 9.30. The lowest BCUT2D eigenvalue weighted by molar-refractivity contribution is -0.128. The van der Waals surface area contributed by atoms with Gasteiger partial charge in [0, 0.05) is 12.8 Å². The number of amides is 1. The van der Waals surface area contributed by atoms with Gasteiger partial charge in [0.1, 0.15) is 9.84 Å². The Kier molecular flexibility index (Phi) is 3.49. The molecule has 0 bridgehead atoms. The molecule has 1 heterocycles. The summed E-state index contributed by atoms with van der Waals surface area (Å²) in [5.41, 5.74) is 0. The van der Waals surface area contributed by atoms with E-state index >= 15 is 0 Å². The molecule has 1 saturated heterocycles. The van der Waals surface area contributed by atoms with Gasteiger partial charge in [0.2, 0.25) is 5.91 Å². The van der Waals surface area contributed by atoms with Crippen LogP contribution < -0.4 is 5.32 Å². The molecule has 0 aromatic carbocycles. The molecule has 1 aliphatic rings. The van der Waals surface area contributed by atoms with Crippen LogP contribution in [0, 0.1) is 0 Å². The quantitative estimate of drug-likeness (QED) is 0.673. The first kappa shape index (κ1) is 11.5. The van der Waals surface area contributed by atoms with Crippen LogP contribution in [0.25, 0.3) is 0 Å². The number of sulfone groups is 1. The van der Waals surface area contributed by atoms with Crippen molar-refractivity contribution >= 4 is 15.7 Å². The summed E-state index contributed by atoms with van der Waals surface area (Å²) < 4.78 is 21.8. The van der Waals surface area contributed by atoms with Crippen molar-refractivity contribution in [3.63, 3.8) is 0 Å². The molecule has 1 unspecified atom stereocenters. The van der Waals surface area contributed by atoms with Crippen LogP contribution in [0.2, 0.25) is 0 Å². The molecule has 14 heavy (non-hydrogen) atoms. The Morgan fingerprint density at radius 2 is 2.21 bits per heavy atom. The minimum absolute atomic E-state index is 0.0103. The Morgan fingerprint density at radius 1 is 1.57 bits per heavy atom. The van der Waals surface area contributed by atoms with Gasteiger partial charge >= 0.3 is 0 Å². The molecular weight excluding hydrogens is 204 g/mol. The van der Waals surface area contributed by atoms with Crippen molar-refractivity contribution in [3.8, 4) is 0 Å². The summed E-state index contributed by atoms with van der Waals surface area (Å²) in [5, 5.41) is 3.02. The SMILES string of the molecule is CCC1NCN(CCS(C)(=O)=O)C1=O. The van der Waals surface area contributed by atoms with Crippen LogP contribution in [0.4, 0.5) is 0 Å². The maximum absolute atomic E-state index is 11.5. The predicted molar refractivity (Wildman–Crippen MR) is 53.5 cm³/mol. The topological polar surface area (TPSA) is 66.5 Å². The summed E-state index contributed by atoms with van der Waals surface area (Å²) in [6.07, 6.45) is 1.92. The zero-order chi connectivity index (χ0) is 10.8. The van der Waals surface area contributed by atoms with Crippen LogP contribution in [-0.2, 0) is 14.6 Å². The van der Waals surface area contributed by atoms with E-state index in [1.54, 1.807) is 4.90 Å². The van der Waals surface area contributed by atoms with Gasteiger partial charge in [0.05, 0.1) is 18.5 Å². The van der Waals surface area contributed by atoms with E-state index in [0.717, 1.165) is 6.42 Å². The molecule has 5 nitrogen and oxygen atoms in total. The summed E-state index contributed by atoms with van der Waals surface area (Å²) in [7, 11) is -2.98. The zero-order valence-electron chi connectivity index (χ0n) is 8.49. The van der Waals surface area contributed by atoms with E-state index in [0.29, 0.717) is 13.2 Å². The highest BCUT2D eigenvalue weighted by Gasteiger charge is 2.29. The number of carbonyl (C=O) groups excluding carboxylic acids is 1. The Bertz CT molecular complexity index is 313. The largest absolute Gasteiger partial charge is 0.328 e. The number of carbonyl (C=O) groups is 1. The van der Waals surface area contributed by atoms with Crippen LogP contribution in [0.1, 0.15) is 13.3 Å². The fourth-order valence-electron chi connectivity index (χ4n) is 1.39. The van der Waals surface area contributed by atoms with Gasteiger partial charge in [0.25, 0.3) is 0 Å². The summed E-state index contributed by atoms with van der Waals surface area (Å²) >= 11 is 0. The van der Waals surface area contributed by atoms with E-state index in [1.165, 1.54) is 6.26 Å². The van der Waals surface area contributed by atoms with Gasteiger partial charge in [-0.05, 0) is 6.42 Å². The molecule has 0 aromatic rings. The summed E-state index contributed by atoms with van der Waals surface area (Å²) in [5.74, 6) is 0.0489. The number of rotatable bonds is 4. The maximum Gasteiger partial charge on any atom is 0.240 e. The minimum atomic E-state index is -2.98. The van der Waals surface area contributed by atoms with Crippen LogP contribution in [0.15, 0.2) is 0 Å². The van der Waals surface area contributed by atoms with E-state index in [1.807, 2.05) is 6.92 Å². The van der Waals surface area contributed by atoms with E-state index < -0.39 is 9.84 Å². The first-order valence-corrected chi connectivity index (χ1v) is 6.70. The monoisotopic (exact) mass is 220 g/mol. The Balaban J connectivity index is 2.45. The van der Waals surface area contributed by atoms with Gasteiger partial charge in [-0.1, -0.05) is 6.92 Å². The first-order valence-electron chi connectivity index (χ1n) is 4.64. The normalized spacial score (nSPS) is 23.1. The van der Waals surface area contributed by atoms with Gasteiger partial charge in [-0.25, -0.2) is 8.42 Å². The fourth-order valence-corrected chi connectivity index (χ4v) is 1.94. The van der Waals surface area contributed by atoms with Crippen molar-refractivity contribution < 1.29 is 13.2 Å². The lowest BCUT2D eigenvalue weighted by Crippen LogP contribution is -2.33. The second-order valence-electron chi connectivity index (χ2n) is 3.55. The molecule has 1 amide bonds. The highest BCUT2D eigenvalue weighted by atomic mass is 32.2. The lowest BCUT2D eigenvalue weighted by atomic mass is 10.2. The average molecular weight is 220 g/mol. The van der Waals surface area contributed by atoms with Crippen molar-refractivity contribution in [1.29, 1.82) is 0 Å². The molecule has 82 valence electrons. The molecule has 0 radical (unpaired) electrons. The van der Waals surface area contributed by atoms with Crippen LogP contribution in [-0.4, -0.2) is 50.5 Å². The predicted octanol–water partition coefficient (Wildman–Crippen LogP) is -0.801. The average Bonchev–Trinajstić information content (AvgIpc) is 2.42. The third-order valence-corrected chi connectivity index (χ3v) is 3.20. The second-order valence-corrected chi connectivity index (χ2v) is 5.81. The van der Waals surface area contributed by atoms with Gasteiger partial charge in [-0.2, -0.15) is 0 Å². The molecule has 1 fully saturated rings. The third kappa shape index (κ3) is 2.95. The minimum Gasteiger partial charge on any atom is -0.328 e. The second kappa shape index (κ2) is 4.27. The van der Waals surface area contributed by atoms with E-state index in [9.17, 15) is 13.2 Å². The fraction of sp³-hybridized carbons (Fsp3) is 0.875. The molecule has 0 aromatic heterocycles. The van der Waals surface area contributed by atoms with Crippen molar-refractivity contribution in [2.24, 2.45) is 0 Å². The third-order valence-electron chi connectivity index (χ3n) is 2.28. The van der Waals surface area contributed by atoms with Gasteiger partial charge in [-0.3, -0.25) is 10.1 Å². The van der Waals surface area contributed by atoms with Gasteiger partial charge < -0.3 is 4.90 Å². The molecule has 0 saturated carbocycles. The van der Waals surface area contributed by atoms with E-state index in [2.05, 4.69) is 5.32 Å². The van der Waals surface area contributed by atoms with Gasteiger partial charge in [-0.15, -0.1) is 0 Å². The number of hydrogen-bond donors (Lipinski definition) is 1. The number of nitrogens with one attached hydrogen (secondary N) is 1. The summed E-state index contributed by atoms with van der Waals surface area (Å²) in [6.45, 7) is 2.68. The van der Waals surface area contributed by atoms with Crippen LogP contribution >= 0.6 is 0 Å². The maximum atomic E-state index is 11.5. The lowest BCUT2D eigenvalue weighted by Gasteiger charge is -2.13. The molecule has 0 spiro atoms. The molecular formula is C8H16N2O3S. The number of hydrogen-bond acceptors (Lipinski definition) is 4.